The Morgan fingerprint density at radius 1 is 1.18 bits per heavy atom. The smallest absolute Gasteiger partial charge is 0.118 e. The van der Waals surface area contributed by atoms with Gasteiger partial charge in [0.2, 0.25) is 0 Å². The Balaban J connectivity index is 1.99. The maximum atomic E-state index is 10.2. The first kappa shape index (κ1) is 15.6. The van der Waals surface area contributed by atoms with E-state index < -0.39 is 0 Å². The molecule has 1 saturated carbocycles. The van der Waals surface area contributed by atoms with Crippen LogP contribution in [0.1, 0.15) is 58.9 Å². The van der Waals surface area contributed by atoms with E-state index in [-0.39, 0.29) is 5.41 Å². The Kier molecular flexibility index (Phi) is 3.87. The fraction of sp³-hybridized carbons (Fsp3) is 0.619. The third-order valence-corrected chi connectivity index (χ3v) is 7.16. The fourth-order valence-corrected chi connectivity index (χ4v) is 5.28. The zero-order chi connectivity index (χ0) is 16.0. The van der Waals surface area contributed by atoms with Crippen molar-refractivity contribution in [1.29, 1.82) is 0 Å². The van der Waals surface area contributed by atoms with Crippen LogP contribution in [0, 0.1) is 22.7 Å². The van der Waals surface area contributed by atoms with Crippen LogP contribution in [0.4, 0.5) is 0 Å². The second-order valence-electron chi connectivity index (χ2n) is 8.19. The molecule has 2 aliphatic carbocycles. The van der Waals surface area contributed by atoms with Gasteiger partial charge in [-0.3, -0.25) is 0 Å². The van der Waals surface area contributed by atoms with Crippen molar-refractivity contribution in [2.45, 2.75) is 59.8 Å². The van der Waals surface area contributed by atoms with Crippen molar-refractivity contribution in [2.75, 3.05) is 0 Å². The first-order chi connectivity index (χ1) is 10.4. The summed E-state index contributed by atoms with van der Waals surface area (Å²) in [4.78, 5) is 0. The second-order valence-corrected chi connectivity index (χ2v) is 8.19. The summed E-state index contributed by atoms with van der Waals surface area (Å²) in [6.45, 7) is 9.72. The highest BCUT2D eigenvalue weighted by atomic mass is 16.3. The Hall–Kier alpha value is -1.24. The van der Waals surface area contributed by atoms with Crippen molar-refractivity contribution >= 4 is 0 Å². The second kappa shape index (κ2) is 5.44. The van der Waals surface area contributed by atoms with Gasteiger partial charge in [0.15, 0.2) is 0 Å². The lowest BCUT2D eigenvalue weighted by Crippen LogP contribution is -2.50. The topological polar surface area (TPSA) is 20.2 Å². The zero-order valence-corrected chi connectivity index (χ0v) is 14.5. The maximum Gasteiger partial charge on any atom is 0.118 e. The van der Waals surface area contributed by atoms with Crippen molar-refractivity contribution in [3.8, 4) is 5.75 Å². The average molecular weight is 298 g/mol. The number of hydrogen-bond donors (Lipinski definition) is 1. The van der Waals surface area contributed by atoms with Gasteiger partial charge in [0.05, 0.1) is 0 Å². The summed E-state index contributed by atoms with van der Waals surface area (Å²) in [5.41, 5.74) is 3.33. The van der Waals surface area contributed by atoms with E-state index in [9.17, 15) is 5.11 Å². The molecule has 0 aliphatic heterocycles. The molecule has 0 saturated heterocycles. The van der Waals surface area contributed by atoms with E-state index in [0.29, 0.717) is 23.0 Å². The molecule has 120 valence electrons. The number of rotatable bonds is 2. The van der Waals surface area contributed by atoms with Gasteiger partial charge >= 0.3 is 0 Å². The van der Waals surface area contributed by atoms with E-state index in [2.05, 4.69) is 45.9 Å². The molecule has 0 unspecified atom stereocenters. The molecule has 0 spiro atoms. The van der Waals surface area contributed by atoms with Crippen LogP contribution in [0.15, 0.2) is 35.9 Å². The summed E-state index contributed by atoms with van der Waals surface area (Å²) in [6, 6.07) is 7.91. The molecule has 2 aliphatic rings. The third-order valence-electron chi connectivity index (χ3n) is 7.16. The summed E-state index contributed by atoms with van der Waals surface area (Å²) < 4.78 is 0. The van der Waals surface area contributed by atoms with Gasteiger partial charge in [-0.05, 0) is 73.3 Å². The average Bonchev–Trinajstić information content (AvgIpc) is 2.49. The van der Waals surface area contributed by atoms with E-state index in [1.165, 1.54) is 25.7 Å². The van der Waals surface area contributed by atoms with Gasteiger partial charge in [0.25, 0.3) is 0 Å². The van der Waals surface area contributed by atoms with E-state index in [0.717, 1.165) is 12.0 Å². The minimum absolute atomic E-state index is 0.265. The van der Waals surface area contributed by atoms with Crippen LogP contribution in [0.3, 0.4) is 0 Å². The predicted octanol–water partition coefficient (Wildman–Crippen LogP) is 5.73. The van der Waals surface area contributed by atoms with Crippen LogP contribution >= 0.6 is 0 Å². The van der Waals surface area contributed by atoms with Crippen LogP contribution in [0.2, 0.25) is 0 Å². The summed E-state index contributed by atoms with van der Waals surface area (Å²) in [5, 5.41) is 10.2. The van der Waals surface area contributed by atoms with E-state index in [4.69, 9.17) is 0 Å². The van der Waals surface area contributed by atoms with Crippen LogP contribution in [-0.4, -0.2) is 5.11 Å². The number of para-hydroxylation sites is 1. The number of aromatic hydroxyl groups is 1. The molecule has 0 radical (unpaired) electrons. The van der Waals surface area contributed by atoms with E-state index in [1.54, 1.807) is 5.57 Å². The minimum Gasteiger partial charge on any atom is -0.508 e. The van der Waals surface area contributed by atoms with Crippen molar-refractivity contribution in [2.24, 2.45) is 22.7 Å². The monoisotopic (exact) mass is 298 g/mol. The molecule has 1 aromatic rings. The maximum absolute atomic E-state index is 10.2. The molecule has 0 bridgehead atoms. The van der Waals surface area contributed by atoms with Crippen LogP contribution < -0.4 is 0 Å². The van der Waals surface area contributed by atoms with Crippen LogP contribution in [-0.2, 0) is 6.42 Å². The summed E-state index contributed by atoms with van der Waals surface area (Å²) in [5.74, 6) is 1.88. The molecule has 0 amide bonds. The lowest BCUT2D eigenvalue weighted by molar-refractivity contribution is -0.0412. The molecular formula is C21H30O. The first-order valence-electron chi connectivity index (χ1n) is 8.82. The lowest BCUT2D eigenvalue weighted by Gasteiger charge is -2.58. The highest BCUT2D eigenvalue weighted by Crippen LogP contribution is 2.61. The minimum atomic E-state index is 0.265. The predicted molar refractivity (Wildman–Crippen MR) is 92.9 cm³/mol. The summed E-state index contributed by atoms with van der Waals surface area (Å²) >= 11 is 0. The van der Waals surface area contributed by atoms with Gasteiger partial charge in [-0.15, -0.1) is 0 Å². The van der Waals surface area contributed by atoms with Gasteiger partial charge in [0, 0.05) is 0 Å². The molecule has 1 aromatic carbocycles. The van der Waals surface area contributed by atoms with Crippen molar-refractivity contribution in [3.63, 3.8) is 0 Å². The Morgan fingerprint density at radius 2 is 1.91 bits per heavy atom. The molecular weight excluding hydrogens is 268 g/mol. The standard InChI is InChI=1S/C21H30O/c1-15-8-7-11-19-20(15,3)13-12-16(2)21(19,4)14-17-9-5-6-10-18(17)22/h5-6,8-10,16,19,22H,7,11-14H2,1-4H3/t16-,19+,20+,21+/m0/s1. The molecule has 1 heteroatoms. The third kappa shape index (κ3) is 2.30. The van der Waals surface area contributed by atoms with Crippen molar-refractivity contribution in [1.82, 2.24) is 0 Å². The zero-order valence-electron chi connectivity index (χ0n) is 14.5. The van der Waals surface area contributed by atoms with E-state index in [1.807, 2.05) is 12.1 Å². The van der Waals surface area contributed by atoms with Gasteiger partial charge in [-0.1, -0.05) is 50.6 Å². The summed E-state index contributed by atoms with van der Waals surface area (Å²) in [6.07, 6.45) is 8.58. The molecule has 1 N–H and O–H groups in total. The largest absolute Gasteiger partial charge is 0.508 e. The van der Waals surface area contributed by atoms with Gasteiger partial charge in [-0.2, -0.15) is 0 Å². The van der Waals surface area contributed by atoms with Gasteiger partial charge in [0.1, 0.15) is 5.75 Å². The Bertz CT molecular complexity index is 587. The molecule has 1 nitrogen and oxygen atoms in total. The van der Waals surface area contributed by atoms with Crippen molar-refractivity contribution < 1.29 is 5.11 Å². The number of phenols is 1. The molecule has 0 aromatic heterocycles. The molecule has 22 heavy (non-hydrogen) atoms. The number of allylic oxidation sites excluding steroid dienone is 2. The molecule has 1 fully saturated rings. The molecule has 4 atom stereocenters. The SMILES string of the molecule is CC1=CCC[C@H]2[C@](C)(Cc3ccccc3O)[C@@H](C)CC[C@]12C. The molecule has 0 heterocycles. The van der Waals surface area contributed by atoms with Crippen LogP contribution in [0.5, 0.6) is 5.75 Å². The quantitative estimate of drug-likeness (QED) is 0.691. The normalized spacial score (nSPS) is 38.3. The highest BCUT2D eigenvalue weighted by Gasteiger charge is 2.53. The number of phenolic OH excluding ortho intramolecular Hbond substituents is 1. The number of hydrogen-bond acceptors (Lipinski definition) is 1. The highest BCUT2D eigenvalue weighted by molar-refractivity contribution is 5.34. The first-order valence-corrected chi connectivity index (χ1v) is 8.82. The Labute approximate surface area is 135 Å². The summed E-state index contributed by atoms with van der Waals surface area (Å²) in [7, 11) is 0. The van der Waals surface area contributed by atoms with Gasteiger partial charge < -0.3 is 5.11 Å². The Morgan fingerprint density at radius 3 is 2.64 bits per heavy atom. The van der Waals surface area contributed by atoms with E-state index >= 15 is 0 Å². The fourth-order valence-electron chi connectivity index (χ4n) is 5.28. The van der Waals surface area contributed by atoms with Crippen LogP contribution in [0.25, 0.3) is 0 Å². The number of benzene rings is 1. The van der Waals surface area contributed by atoms with Crippen molar-refractivity contribution in [3.05, 3.63) is 41.5 Å². The van der Waals surface area contributed by atoms with Gasteiger partial charge in [-0.25, -0.2) is 0 Å². The molecule has 3 rings (SSSR count). The number of fused-ring (bicyclic) bond motifs is 1. The lowest BCUT2D eigenvalue weighted by atomic mass is 9.47.